The third-order valence-corrected chi connectivity index (χ3v) is 4.51. The summed E-state index contributed by atoms with van der Waals surface area (Å²) in [7, 11) is 0. The summed E-state index contributed by atoms with van der Waals surface area (Å²) in [4.78, 5) is 19.1. The quantitative estimate of drug-likeness (QED) is 0.569. The van der Waals surface area contributed by atoms with Crippen LogP contribution in [0.25, 0.3) is 6.08 Å². The number of rotatable bonds is 3. The number of aryl methyl sites for hydroxylation is 1. The predicted octanol–water partition coefficient (Wildman–Crippen LogP) is 3.94. The van der Waals surface area contributed by atoms with Crippen molar-refractivity contribution >= 4 is 23.4 Å². The van der Waals surface area contributed by atoms with Gasteiger partial charge in [-0.05, 0) is 42.3 Å². The van der Waals surface area contributed by atoms with Crippen LogP contribution in [0, 0.1) is 6.92 Å². The molecule has 0 fully saturated rings. The second kappa shape index (κ2) is 6.96. The summed E-state index contributed by atoms with van der Waals surface area (Å²) in [5.41, 5.74) is 10.1. The molecule has 5 nitrogen and oxygen atoms in total. The lowest BCUT2D eigenvalue weighted by molar-refractivity contribution is -0.117. The number of hydrogen-bond acceptors (Lipinski definition) is 4. The zero-order valence-electron chi connectivity index (χ0n) is 14.9. The van der Waals surface area contributed by atoms with Crippen molar-refractivity contribution in [1.82, 2.24) is 4.98 Å². The highest BCUT2D eigenvalue weighted by Crippen LogP contribution is 2.38. The fourth-order valence-corrected chi connectivity index (χ4v) is 3.04. The molecule has 4 rings (SSSR count). The maximum Gasteiger partial charge on any atom is 0.294 e. The minimum Gasteiger partial charge on any atom is -0.449 e. The lowest BCUT2D eigenvalue weighted by Gasteiger charge is -2.31. The van der Waals surface area contributed by atoms with E-state index >= 15 is 0 Å². The average Bonchev–Trinajstić information content (AvgIpc) is 2.67. The van der Waals surface area contributed by atoms with E-state index in [9.17, 15) is 4.79 Å². The van der Waals surface area contributed by atoms with Crippen molar-refractivity contribution < 1.29 is 9.53 Å². The number of carbonyl (C=O) groups is 1. The molecule has 0 bridgehead atoms. The molecule has 0 spiro atoms. The molecular formula is C22H19N3O2. The van der Waals surface area contributed by atoms with Crippen LogP contribution >= 0.6 is 0 Å². The Morgan fingerprint density at radius 1 is 1.11 bits per heavy atom. The van der Waals surface area contributed by atoms with Crippen molar-refractivity contribution in [1.29, 1.82) is 0 Å². The average molecular weight is 357 g/mol. The molecule has 0 atom stereocenters. The smallest absolute Gasteiger partial charge is 0.294 e. The summed E-state index contributed by atoms with van der Waals surface area (Å²) in [6.07, 6.45) is 3.33. The van der Waals surface area contributed by atoms with E-state index in [-0.39, 0.29) is 11.7 Å². The minimum absolute atomic E-state index is 0.207. The van der Waals surface area contributed by atoms with Gasteiger partial charge < -0.3 is 10.5 Å². The van der Waals surface area contributed by atoms with Crippen molar-refractivity contribution in [2.75, 3.05) is 10.6 Å². The second-order valence-corrected chi connectivity index (χ2v) is 6.41. The highest BCUT2D eigenvalue weighted by molar-refractivity contribution is 6.09. The summed E-state index contributed by atoms with van der Waals surface area (Å²) in [6.45, 7) is 2.49. The standard InChI is InChI=1S/C22H19N3O2/c1-15-6-2-3-7-16(15)14-25-19-10-9-17(23)12-20(19)27-21(22(25)26)13-18-8-4-5-11-24-18/h2-13H,14,23H2,1H3/b21-13+. The van der Waals surface area contributed by atoms with Crippen molar-refractivity contribution in [2.24, 2.45) is 0 Å². The van der Waals surface area contributed by atoms with Crippen LogP contribution in [0.1, 0.15) is 16.8 Å². The first-order valence-electron chi connectivity index (χ1n) is 8.68. The van der Waals surface area contributed by atoms with Gasteiger partial charge in [-0.2, -0.15) is 0 Å². The number of aromatic nitrogens is 1. The monoisotopic (exact) mass is 357 g/mol. The van der Waals surface area contributed by atoms with Gasteiger partial charge in [-0.1, -0.05) is 30.3 Å². The van der Waals surface area contributed by atoms with Crippen LogP contribution in [-0.2, 0) is 11.3 Å². The lowest BCUT2D eigenvalue weighted by atomic mass is 10.1. The SMILES string of the molecule is Cc1ccccc1CN1C(=O)/C(=C\c2ccccn2)Oc2cc(N)ccc21. The number of nitrogens with zero attached hydrogens (tertiary/aromatic N) is 2. The molecule has 1 aromatic heterocycles. The van der Waals surface area contributed by atoms with E-state index in [1.807, 2.05) is 55.5 Å². The maximum absolute atomic E-state index is 13.2. The fraction of sp³-hybridized carbons (Fsp3) is 0.0909. The molecule has 3 aromatic rings. The predicted molar refractivity (Wildman–Crippen MR) is 106 cm³/mol. The number of nitrogens with two attached hydrogens (primary N) is 1. The van der Waals surface area contributed by atoms with Gasteiger partial charge in [0.25, 0.3) is 5.91 Å². The van der Waals surface area contributed by atoms with E-state index in [1.165, 1.54) is 0 Å². The number of fused-ring (bicyclic) bond motifs is 1. The zero-order valence-corrected chi connectivity index (χ0v) is 14.9. The molecule has 134 valence electrons. The van der Waals surface area contributed by atoms with Crippen molar-refractivity contribution in [3.8, 4) is 5.75 Å². The molecule has 2 N–H and O–H groups in total. The van der Waals surface area contributed by atoms with Gasteiger partial charge in [0.05, 0.1) is 17.9 Å². The molecule has 1 aliphatic rings. The van der Waals surface area contributed by atoms with Crippen LogP contribution in [0.5, 0.6) is 5.75 Å². The van der Waals surface area contributed by atoms with Gasteiger partial charge in [0.2, 0.25) is 0 Å². The number of benzene rings is 2. The van der Waals surface area contributed by atoms with Crippen molar-refractivity contribution in [3.63, 3.8) is 0 Å². The molecule has 1 amide bonds. The molecule has 0 aliphatic carbocycles. The highest BCUT2D eigenvalue weighted by Gasteiger charge is 2.31. The lowest BCUT2D eigenvalue weighted by Crippen LogP contribution is -2.37. The summed E-state index contributed by atoms with van der Waals surface area (Å²) >= 11 is 0. The third kappa shape index (κ3) is 3.40. The first-order valence-corrected chi connectivity index (χ1v) is 8.68. The number of hydrogen-bond donors (Lipinski definition) is 1. The van der Waals surface area contributed by atoms with Crippen LogP contribution in [0.4, 0.5) is 11.4 Å². The van der Waals surface area contributed by atoms with Crippen LogP contribution in [0.3, 0.4) is 0 Å². The summed E-state index contributed by atoms with van der Waals surface area (Å²) in [5, 5.41) is 0. The summed E-state index contributed by atoms with van der Waals surface area (Å²) in [5.74, 6) is 0.576. The summed E-state index contributed by atoms with van der Waals surface area (Å²) in [6, 6.07) is 18.9. The van der Waals surface area contributed by atoms with E-state index in [0.29, 0.717) is 29.4 Å². The number of amides is 1. The molecule has 2 aromatic carbocycles. The molecule has 1 aliphatic heterocycles. The van der Waals surface area contributed by atoms with Crippen molar-refractivity contribution in [3.05, 3.63) is 89.4 Å². The zero-order chi connectivity index (χ0) is 18.8. The molecule has 27 heavy (non-hydrogen) atoms. The van der Waals surface area contributed by atoms with Gasteiger partial charge in [-0.25, -0.2) is 0 Å². The van der Waals surface area contributed by atoms with Gasteiger partial charge in [0.15, 0.2) is 11.5 Å². The van der Waals surface area contributed by atoms with E-state index in [4.69, 9.17) is 10.5 Å². The van der Waals surface area contributed by atoms with E-state index in [1.54, 1.807) is 29.3 Å². The number of carbonyl (C=O) groups excluding carboxylic acids is 1. The Kier molecular flexibility index (Phi) is 4.34. The third-order valence-electron chi connectivity index (χ3n) is 4.51. The maximum atomic E-state index is 13.2. The van der Waals surface area contributed by atoms with Crippen LogP contribution in [0.15, 0.2) is 72.6 Å². The highest BCUT2D eigenvalue weighted by atomic mass is 16.5. The number of ether oxygens (including phenoxy) is 1. The van der Waals surface area contributed by atoms with Gasteiger partial charge in [-0.3, -0.25) is 14.7 Å². The number of anilines is 2. The first-order chi connectivity index (χ1) is 13.1. The minimum atomic E-state index is -0.207. The summed E-state index contributed by atoms with van der Waals surface area (Å²) < 4.78 is 5.88. The Morgan fingerprint density at radius 3 is 2.70 bits per heavy atom. The fourth-order valence-electron chi connectivity index (χ4n) is 3.04. The first kappa shape index (κ1) is 16.8. The van der Waals surface area contributed by atoms with Gasteiger partial charge in [0, 0.05) is 24.0 Å². The molecular weight excluding hydrogens is 338 g/mol. The molecule has 2 heterocycles. The molecule has 0 radical (unpaired) electrons. The van der Waals surface area contributed by atoms with E-state index in [0.717, 1.165) is 11.1 Å². The van der Waals surface area contributed by atoms with Crippen LogP contribution in [-0.4, -0.2) is 10.9 Å². The Morgan fingerprint density at radius 2 is 1.93 bits per heavy atom. The normalized spacial score (nSPS) is 14.8. The number of pyridine rings is 1. The van der Waals surface area contributed by atoms with Gasteiger partial charge >= 0.3 is 0 Å². The van der Waals surface area contributed by atoms with Gasteiger partial charge in [-0.15, -0.1) is 0 Å². The Labute approximate surface area is 157 Å². The molecule has 0 unspecified atom stereocenters. The van der Waals surface area contributed by atoms with E-state index < -0.39 is 0 Å². The molecule has 0 saturated heterocycles. The van der Waals surface area contributed by atoms with Crippen molar-refractivity contribution in [2.45, 2.75) is 13.5 Å². The topological polar surface area (TPSA) is 68.5 Å². The Balaban J connectivity index is 1.78. The van der Waals surface area contributed by atoms with Crippen LogP contribution < -0.4 is 15.4 Å². The number of nitrogen functional groups attached to an aromatic ring is 1. The second-order valence-electron chi connectivity index (χ2n) is 6.41. The molecule has 5 heteroatoms. The van der Waals surface area contributed by atoms with Gasteiger partial charge in [0.1, 0.15) is 0 Å². The largest absolute Gasteiger partial charge is 0.449 e. The van der Waals surface area contributed by atoms with Crippen LogP contribution in [0.2, 0.25) is 0 Å². The molecule has 0 saturated carbocycles. The van der Waals surface area contributed by atoms with E-state index in [2.05, 4.69) is 4.98 Å². The Hall–Kier alpha value is -3.60. The Bertz CT molecular complexity index is 1030.